The Bertz CT molecular complexity index is 632. The van der Waals surface area contributed by atoms with Gasteiger partial charge in [0.2, 0.25) is 10.0 Å². The van der Waals surface area contributed by atoms with E-state index in [4.69, 9.17) is 4.74 Å². The van der Waals surface area contributed by atoms with E-state index < -0.39 is 15.6 Å². The summed E-state index contributed by atoms with van der Waals surface area (Å²) in [5.41, 5.74) is 1.37. The van der Waals surface area contributed by atoms with Crippen LogP contribution in [0, 0.1) is 6.92 Å². The molecule has 0 amide bonds. The maximum Gasteiger partial charge on any atom is 0.211 e. The van der Waals surface area contributed by atoms with Gasteiger partial charge in [-0.05, 0) is 31.7 Å². The zero-order chi connectivity index (χ0) is 14.4. The highest BCUT2D eigenvalue weighted by molar-refractivity contribution is 7.88. The number of aryl methyl sites for hydroxylation is 1. The Morgan fingerprint density at radius 3 is 3.00 bits per heavy atom. The van der Waals surface area contributed by atoms with Gasteiger partial charge in [-0.2, -0.15) is 4.31 Å². The van der Waals surface area contributed by atoms with Gasteiger partial charge in [0.05, 0.1) is 18.6 Å². The standard InChI is InChI=1S/C13H19N3O3S/c1-10-14-8-11-4-7-19-13(12(11)15-10)5-3-6-16(9-13)20(2,17)18/h8H,3-7,9H2,1-2H3/t13-/m1/s1. The summed E-state index contributed by atoms with van der Waals surface area (Å²) in [7, 11) is -3.20. The van der Waals surface area contributed by atoms with Crippen LogP contribution in [0.2, 0.25) is 0 Å². The Morgan fingerprint density at radius 2 is 2.25 bits per heavy atom. The molecule has 0 aromatic carbocycles. The van der Waals surface area contributed by atoms with Crippen LogP contribution >= 0.6 is 0 Å². The lowest BCUT2D eigenvalue weighted by Gasteiger charge is -2.44. The van der Waals surface area contributed by atoms with Crippen LogP contribution in [0.1, 0.15) is 29.9 Å². The first-order chi connectivity index (χ1) is 9.41. The molecule has 0 saturated carbocycles. The molecule has 1 spiro atoms. The molecule has 2 aliphatic rings. The van der Waals surface area contributed by atoms with Gasteiger partial charge >= 0.3 is 0 Å². The van der Waals surface area contributed by atoms with E-state index in [1.165, 1.54) is 10.6 Å². The summed E-state index contributed by atoms with van der Waals surface area (Å²) in [5, 5.41) is 0. The van der Waals surface area contributed by atoms with Crippen molar-refractivity contribution in [1.29, 1.82) is 0 Å². The highest BCUT2D eigenvalue weighted by atomic mass is 32.2. The van der Waals surface area contributed by atoms with Crippen LogP contribution in [0.4, 0.5) is 0 Å². The molecule has 1 saturated heterocycles. The molecule has 6 nitrogen and oxygen atoms in total. The Balaban J connectivity index is 2.03. The summed E-state index contributed by atoms with van der Waals surface area (Å²) >= 11 is 0. The van der Waals surface area contributed by atoms with Gasteiger partial charge in [-0.3, -0.25) is 0 Å². The minimum absolute atomic E-state index is 0.356. The second-order valence-corrected chi connectivity index (χ2v) is 7.57. The number of piperidine rings is 1. The zero-order valence-corrected chi connectivity index (χ0v) is 12.6. The average molecular weight is 297 g/mol. The highest BCUT2D eigenvalue weighted by Gasteiger charge is 2.45. The second-order valence-electron chi connectivity index (χ2n) is 5.58. The van der Waals surface area contributed by atoms with E-state index in [-0.39, 0.29) is 0 Å². The van der Waals surface area contributed by atoms with Gasteiger partial charge in [-0.25, -0.2) is 18.4 Å². The molecule has 2 aliphatic heterocycles. The molecule has 0 bridgehead atoms. The second kappa shape index (κ2) is 4.75. The van der Waals surface area contributed by atoms with Crippen LogP contribution in [0.3, 0.4) is 0 Å². The molecule has 20 heavy (non-hydrogen) atoms. The predicted molar refractivity (Wildman–Crippen MR) is 73.8 cm³/mol. The Hall–Kier alpha value is -1.05. The van der Waals surface area contributed by atoms with Crippen molar-refractivity contribution in [1.82, 2.24) is 14.3 Å². The number of sulfonamides is 1. The number of nitrogens with zero attached hydrogens (tertiary/aromatic N) is 3. The van der Waals surface area contributed by atoms with E-state index in [0.29, 0.717) is 25.5 Å². The maximum absolute atomic E-state index is 11.8. The predicted octanol–water partition coefficient (Wildman–Crippen LogP) is 0.608. The minimum Gasteiger partial charge on any atom is -0.367 e. The topological polar surface area (TPSA) is 72.4 Å². The molecule has 3 heterocycles. The van der Waals surface area contributed by atoms with Crippen molar-refractivity contribution in [2.75, 3.05) is 26.0 Å². The number of fused-ring (bicyclic) bond motifs is 2. The third-order valence-electron chi connectivity index (χ3n) is 4.06. The normalized spacial score (nSPS) is 27.5. The maximum atomic E-state index is 11.8. The molecule has 0 unspecified atom stereocenters. The average Bonchev–Trinajstić information content (AvgIpc) is 2.39. The van der Waals surface area contributed by atoms with Gasteiger partial charge < -0.3 is 4.74 Å². The fraction of sp³-hybridized carbons (Fsp3) is 0.692. The summed E-state index contributed by atoms with van der Waals surface area (Å²) in [4.78, 5) is 8.79. The largest absolute Gasteiger partial charge is 0.367 e. The van der Waals surface area contributed by atoms with E-state index in [0.717, 1.165) is 30.5 Å². The van der Waals surface area contributed by atoms with E-state index in [1.807, 2.05) is 13.1 Å². The highest BCUT2D eigenvalue weighted by Crippen LogP contribution is 2.39. The van der Waals surface area contributed by atoms with Crippen molar-refractivity contribution in [3.8, 4) is 0 Å². The monoisotopic (exact) mass is 297 g/mol. The van der Waals surface area contributed by atoms with Gasteiger partial charge in [-0.1, -0.05) is 0 Å². The van der Waals surface area contributed by atoms with E-state index in [9.17, 15) is 8.42 Å². The van der Waals surface area contributed by atoms with Crippen molar-refractivity contribution in [3.63, 3.8) is 0 Å². The summed E-state index contributed by atoms with van der Waals surface area (Å²) in [6.45, 7) is 3.36. The van der Waals surface area contributed by atoms with Gasteiger partial charge in [0, 0.05) is 19.3 Å². The molecule has 1 aromatic rings. The molecule has 1 atom stereocenters. The first-order valence-corrected chi connectivity index (χ1v) is 8.68. The van der Waals surface area contributed by atoms with Crippen LogP contribution in [-0.2, 0) is 26.8 Å². The Kier molecular flexibility index (Phi) is 3.30. The molecular weight excluding hydrogens is 278 g/mol. The molecule has 0 radical (unpaired) electrons. The summed E-state index contributed by atoms with van der Waals surface area (Å²) < 4.78 is 31.2. The number of hydrogen-bond acceptors (Lipinski definition) is 5. The Morgan fingerprint density at radius 1 is 1.45 bits per heavy atom. The smallest absolute Gasteiger partial charge is 0.211 e. The van der Waals surface area contributed by atoms with Crippen molar-refractivity contribution < 1.29 is 13.2 Å². The zero-order valence-electron chi connectivity index (χ0n) is 11.8. The van der Waals surface area contributed by atoms with Crippen molar-refractivity contribution in [2.45, 2.75) is 31.8 Å². The SMILES string of the molecule is Cc1ncc2c(n1)[C@]1(CCCN(S(C)(=O)=O)C1)OCC2. The van der Waals surface area contributed by atoms with E-state index in [1.54, 1.807) is 0 Å². The summed E-state index contributed by atoms with van der Waals surface area (Å²) in [6, 6.07) is 0. The van der Waals surface area contributed by atoms with Gasteiger partial charge in [-0.15, -0.1) is 0 Å². The van der Waals surface area contributed by atoms with Gasteiger partial charge in [0.25, 0.3) is 0 Å². The third-order valence-corrected chi connectivity index (χ3v) is 5.30. The van der Waals surface area contributed by atoms with Crippen LogP contribution < -0.4 is 0 Å². The minimum atomic E-state index is -3.20. The van der Waals surface area contributed by atoms with E-state index >= 15 is 0 Å². The molecule has 0 N–H and O–H groups in total. The summed E-state index contributed by atoms with van der Waals surface area (Å²) in [5.74, 6) is 0.699. The van der Waals surface area contributed by atoms with Crippen LogP contribution in [0.15, 0.2) is 6.20 Å². The molecular formula is C13H19N3O3S. The fourth-order valence-electron chi connectivity index (χ4n) is 3.08. The number of hydrogen-bond donors (Lipinski definition) is 0. The lowest BCUT2D eigenvalue weighted by atomic mass is 9.85. The first kappa shape index (κ1) is 13.9. The quantitative estimate of drug-likeness (QED) is 0.759. The third kappa shape index (κ3) is 2.34. The van der Waals surface area contributed by atoms with Crippen molar-refractivity contribution in [3.05, 3.63) is 23.3 Å². The first-order valence-electron chi connectivity index (χ1n) is 6.83. The van der Waals surface area contributed by atoms with Crippen LogP contribution in [-0.4, -0.2) is 48.6 Å². The molecule has 110 valence electrons. The molecule has 0 aliphatic carbocycles. The molecule has 3 rings (SSSR count). The van der Waals surface area contributed by atoms with Gasteiger partial charge in [0.1, 0.15) is 11.4 Å². The molecule has 1 fully saturated rings. The van der Waals surface area contributed by atoms with Crippen molar-refractivity contribution >= 4 is 10.0 Å². The molecule has 1 aromatic heterocycles. The van der Waals surface area contributed by atoms with Crippen molar-refractivity contribution in [2.24, 2.45) is 0 Å². The number of ether oxygens (including phenoxy) is 1. The number of aromatic nitrogens is 2. The molecule has 7 heteroatoms. The van der Waals surface area contributed by atoms with E-state index in [2.05, 4.69) is 9.97 Å². The summed E-state index contributed by atoms with van der Waals surface area (Å²) in [6.07, 6.45) is 5.48. The number of rotatable bonds is 1. The lowest BCUT2D eigenvalue weighted by molar-refractivity contribution is -0.0934. The van der Waals surface area contributed by atoms with Crippen LogP contribution in [0.5, 0.6) is 0 Å². The lowest BCUT2D eigenvalue weighted by Crippen LogP contribution is -2.52. The van der Waals surface area contributed by atoms with Gasteiger partial charge in [0.15, 0.2) is 0 Å². The fourth-order valence-corrected chi connectivity index (χ4v) is 3.98. The Labute approximate surface area is 119 Å². The van der Waals surface area contributed by atoms with Crippen LogP contribution in [0.25, 0.3) is 0 Å².